The van der Waals surface area contributed by atoms with Crippen molar-refractivity contribution in [3.8, 4) is 0 Å². The van der Waals surface area contributed by atoms with Crippen LogP contribution in [0.25, 0.3) is 10.2 Å². The number of amides is 2. The summed E-state index contributed by atoms with van der Waals surface area (Å²) in [6.45, 7) is 7.62. The summed E-state index contributed by atoms with van der Waals surface area (Å²) < 4.78 is 6.32. The molecule has 25 heavy (non-hydrogen) atoms. The van der Waals surface area contributed by atoms with Crippen LogP contribution < -0.4 is 5.32 Å². The van der Waals surface area contributed by atoms with Crippen LogP contribution in [0.15, 0.2) is 24.3 Å². The van der Waals surface area contributed by atoms with Gasteiger partial charge in [0.2, 0.25) is 5.91 Å². The molecule has 6 nitrogen and oxygen atoms in total. The van der Waals surface area contributed by atoms with E-state index in [1.54, 1.807) is 44.1 Å². The summed E-state index contributed by atoms with van der Waals surface area (Å²) >= 11 is 1.57. The third-order valence-electron chi connectivity index (χ3n) is 3.48. The van der Waals surface area contributed by atoms with E-state index in [1.807, 2.05) is 31.2 Å². The Labute approximate surface area is 152 Å². The maximum atomic E-state index is 12.6. The predicted molar refractivity (Wildman–Crippen MR) is 99.5 cm³/mol. The molecule has 2 aromatic rings. The van der Waals surface area contributed by atoms with Gasteiger partial charge in [0.25, 0.3) is 0 Å². The summed E-state index contributed by atoms with van der Waals surface area (Å²) in [6, 6.07) is 7.26. The molecule has 0 spiro atoms. The van der Waals surface area contributed by atoms with Crippen molar-refractivity contribution in [2.24, 2.45) is 0 Å². The highest BCUT2D eigenvalue weighted by atomic mass is 32.1. The molecule has 0 aliphatic carbocycles. The highest BCUT2D eigenvalue weighted by Crippen LogP contribution is 2.22. The second-order valence-corrected chi connectivity index (χ2v) is 7.99. The van der Waals surface area contributed by atoms with Gasteiger partial charge in [0, 0.05) is 7.05 Å². The van der Waals surface area contributed by atoms with Gasteiger partial charge in [-0.15, -0.1) is 11.3 Å². The van der Waals surface area contributed by atoms with Gasteiger partial charge in [0.15, 0.2) is 0 Å². The van der Waals surface area contributed by atoms with E-state index in [0.717, 1.165) is 15.2 Å². The van der Waals surface area contributed by atoms with Gasteiger partial charge < -0.3 is 15.0 Å². The van der Waals surface area contributed by atoms with Crippen LogP contribution >= 0.6 is 11.3 Å². The van der Waals surface area contributed by atoms with Crippen LogP contribution in [-0.4, -0.2) is 40.6 Å². The molecule has 1 aromatic carbocycles. The molecule has 2 rings (SSSR count). The maximum Gasteiger partial charge on any atom is 0.408 e. The van der Waals surface area contributed by atoms with Crippen LogP contribution in [-0.2, 0) is 16.1 Å². The Bertz CT molecular complexity index is 718. The number of hydrogen-bond acceptors (Lipinski definition) is 5. The van der Waals surface area contributed by atoms with Crippen molar-refractivity contribution in [1.82, 2.24) is 15.2 Å². The second kappa shape index (κ2) is 7.82. The molecule has 0 saturated heterocycles. The first kappa shape index (κ1) is 19.2. The van der Waals surface area contributed by atoms with E-state index in [4.69, 9.17) is 4.74 Å². The summed E-state index contributed by atoms with van der Waals surface area (Å²) in [4.78, 5) is 30.7. The van der Waals surface area contributed by atoms with Gasteiger partial charge >= 0.3 is 6.09 Å². The van der Waals surface area contributed by atoms with E-state index < -0.39 is 17.7 Å². The molecular weight excluding hydrogens is 338 g/mol. The van der Waals surface area contributed by atoms with Crippen molar-refractivity contribution in [2.45, 2.75) is 52.3 Å². The summed E-state index contributed by atoms with van der Waals surface area (Å²) in [5.41, 5.74) is 0.334. The molecule has 0 unspecified atom stereocenters. The van der Waals surface area contributed by atoms with Crippen LogP contribution in [0.4, 0.5) is 4.79 Å². The van der Waals surface area contributed by atoms with Gasteiger partial charge in [-0.3, -0.25) is 4.79 Å². The Morgan fingerprint density at radius 2 is 2.00 bits per heavy atom. The number of aromatic nitrogens is 1. The van der Waals surface area contributed by atoms with E-state index in [2.05, 4.69) is 10.3 Å². The molecule has 0 radical (unpaired) electrons. The van der Waals surface area contributed by atoms with Crippen LogP contribution in [0.1, 0.15) is 39.1 Å². The Hall–Kier alpha value is -2.15. The lowest BCUT2D eigenvalue weighted by Gasteiger charge is -2.25. The van der Waals surface area contributed by atoms with Crippen molar-refractivity contribution in [1.29, 1.82) is 0 Å². The van der Waals surface area contributed by atoms with Crippen LogP contribution in [0.3, 0.4) is 0 Å². The number of fused-ring (bicyclic) bond motifs is 1. The lowest BCUT2D eigenvalue weighted by atomic mass is 10.2. The van der Waals surface area contributed by atoms with E-state index in [-0.39, 0.29) is 5.91 Å². The topological polar surface area (TPSA) is 71.5 Å². The summed E-state index contributed by atoms with van der Waals surface area (Å²) in [5.74, 6) is -0.160. The van der Waals surface area contributed by atoms with Crippen molar-refractivity contribution in [3.63, 3.8) is 0 Å². The van der Waals surface area contributed by atoms with Crippen LogP contribution in [0, 0.1) is 0 Å². The monoisotopic (exact) mass is 363 g/mol. The first-order valence-electron chi connectivity index (χ1n) is 8.28. The minimum absolute atomic E-state index is 0.160. The first-order chi connectivity index (χ1) is 11.7. The normalized spacial score (nSPS) is 12.7. The van der Waals surface area contributed by atoms with Crippen molar-refractivity contribution in [3.05, 3.63) is 29.3 Å². The Morgan fingerprint density at radius 3 is 2.60 bits per heavy atom. The number of benzene rings is 1. The zero-order valence-electron chi connectivity index (χ0n) is 15.3. The number of nitrogens with zero attached hydrogens (tertiary/aromatic N) is 2. The summed E-state index contributed by atoms with van der Waals surface area (Å²) in [5, 5.41) is 3.51. The molecule has 1 aromatic heterocycles. The summed E-state index contributed by atoms with van der Waals surface area (Å²) in [6.07, 6.45) is -0.0940. The van der Waals surface area contributed by atoms with Gasteiger partial charge in [-0.2, -0.15) is 0 Å². The fourth-order valence-corrected chi connectivity index (χ4v) is 3.34. The smallest absolute Gasteiger partial charge is 0.408 e. The third kappa shape index (κ3) is 5.42. The Balaban J connectivity index is 2.00. The summed E-state index contributed by atoms with van der Waals surface area (Å²) in [7, 11) is 1.72. The number of nitrogens with one attached hydrogen (secondary N) is 1. The first-order valence-corrected chi connectivity index (χ1v) is 9.10. The zero-order valence-corrected chi connectivity index (χ0v) is 16.1. The molecule has 1 heterocycles. The van der Waals surface area contributed by atoms with Gasteiger partial charge in [-0.1, -0.05) is 19.1 Å². The minimum atomic E-state index is -0.616. The molecule has 136 valence electrons. The Morgan fingerprint density at radius 1 is 1.32 bits per heavy atom. The highest BCUT2D eigenvalue weighted by molar-refractivity contribution is 7.18. The standard InChI is InChI=1S/C18H25N3O3S/c1-6-12(20-17(23)24-18(2,3)4)16(22)21(5)11-15-19-13-9-7-8-10-14(13)25-15/h7-10,12H,6,11H2,1-5H3,(H,20,23)/t12-/m1/s1. The fourth-order valence-electron chi connectivity index (χ4n) is 2.32. The van der Waals surface area contributed by atoms with E-state index >= 15 is 0 Å². The number of alkyl carbamates (subject to hydrolysis) is 1. The molecule has 1 N–H and O–H groups in total. The molecule has 0 fully saturated rings. The number of carbonyl (C=O) groups excluding carboxylic acids is 2. The number of para-hydroxylation sites is 1. The van der Waals surface area contributed by atoms with E-state index in [0.29, 0.717) is 13.0 Å². The number of thiazole rings is 1. The van der Waals surface area contributed by atoms with E-state index in [1.165, 1.54) is 0 Å². The molecule has 2 amide bonds. The SMILES string of the molecule is CC[C@@H](NC(=O)OC(C)(C)C)C(=O)N(C)Cc1nc2ccccc2s1. The molecule has 0 bridgehead atoms. The average molecular weight is 363 g/mol. The number of rotatable bonds is 5. The lowest BCUT2D eigenvalue weighted by Crippen LogP contribution is -2.48. The predicted octanol–water partition coefficient (Wildman–Crippen LogP) is 3.56. The number of hydrogen-bond donors (Lipinski definition) is 1. The quantitative estimate of drug-likeness (QED) is 0.882. The largest absolute Gasteiger partial charge is 0.444 e. The highest BCUT2D eigenvalue weighted by Gasteiger charge is 2.25. The molecule has 1 atom stereocenters. The van der Waals surface area contributed by atoms with E-state index in [9.17, 15) is 9.59 Å². The molecular formula is C18H25N3O3S. The number of likely N-dealkylation sites (N-methyl/N-ethyl adjacent to an activating group) is 1. The van der Waals surface area contributed by atoms with Crippen molar-refractivity contribution in [2.75, 3.05) is 7.05 Å². The minimum Gasteiger partial charge on any atom is -0.444 e. The maximum absolute atomic E-state index is 12.6. The van der Waals surface area contributed by atoms with Crippen LogP contribution in [0.2, 0.25) is 0 Å². The van der Waals surface area contributed by atoms with Gasteiger partial charge in [0.05, 0.1) is 16.8 Å². The van der Waals surface area contributed by atoms with Crippen LogP contribution in [0.5, 0.6) is 0 Å². The molecule has 7 heteroatoms. The average Bonchev–Trinajstić information content (AvgIpc) is 2.92. The number of ether oxygens (including phenoxy) is 1. The fraction of sp³-hybridized carbons (Fsp3) is 0.500. The third-order valence-corrected chi connectivity index (χ3v) is 4.51. The molecule has 0 aliphatic rings. The number of carbonyl (C=O) groups is 2. The van der Waals surface area contributed by atoms with Crippen molar-refractivity contribution < 1.29 is 14.3 Å². The van der Waals surface area contributed by atoms with Crippen molar-refractivity contribution >= 4 is 33.6 Å². The second-order valence-electron chi connectivity index (χ2n) is 6.88. The van der Waals surface area contributed by atoms with Gasteiger partial charge in [-0.25, -0.2) is 9.78 Å². The Kier molecular flexibility index (Phi) is 6.00. The van der Waals surface area contributed by atoms with Gasteiger partial charge in [-0.05, 0) is 39.3 Å². The van der Waals surface area contributed by atoms with Gasteiger partial charge in [0.1, 0.15) is 16.7 Å². The zero-order chi connectivity index (χ0) is 18.6. The molecule has 0 saturated carbocycles. The lowest BCUT2D eigenvalue weighted by molar-refractivity contribution is -0.132. The molecule has 0 aliphatic heterocycles.